The molecule has 5 aromatic rings. The van der Waals surface area contributed by atoms with Crippen LogP contribution < -0.4 is 5.32 Å². The number of nitrogens with zero attached hydrogens (tertiary/aromatic N) is 3. The predicted molar refractivity (Wildman–Crippen MR) is 140 cm³/mol. The molecule has 35 heavy (non-hydrogen) atoms. The van der Waals surface area contributed by atoms with Crippen LogP contribution in [0.15, 0.2) is 72.9 Å². The van der Waals surface area contributed by atoms with E-state index in [2.05, 4.69) is 38.7 Å². The number of amides is 1. The Hall–Kier alpha value is -4.50. The molecule has 2 N–H and O–H groups in total. The minimum atomic E-state index is -0.549. The molecule has 1 amide bonds. The summed E-state index contributed by atoms with van der Waals surface area (Å²) < 4.78 is 0. The van der Waals surface area contributed by atoms with Crippen molar-refractivity contribution in [1.29, 1.82) is 5.26 Å². The normalized spacial score (nSPS) is 11.5. The minimum Gasteiger partial charge on any atom is -0.326 e. The highest BCUT2D eigenvalue weighted by Crippen LogP contribution is 2.35. The number of nitrogens with one attached hydrogen (secondary N) is 2. The Bertz CT molecular complexity index is 1590. The Morgan fingerprint density at radius 3 is 2.37 bits per heavy atom. The van der Waals surface area contributed by atoms with Crippen LogP contribution in [0.3, 0.4) is 0 Å². The fraction of sp³-hybridized carbons (Fsp3) is 0.172. The number of rotatable bonds is 5. The Kier molecular flexibility index (Phi) is 5.54. The van der Waals surface area contributed by atoms with Crippen LogP contribution in [0.1, 0.15) is 32.8 Å². The lowest BCUT2D eigenvalue weighted by Gasteiger charge is -2.15. The van der Waals surface area contributed by atoms with Gasteiger partial charge in [0.05, 0.1) is 28.7 Å². The van der Waals surface area contributed by atoms with E-state index in [1.54, 1.807) is 0 Å². The van der Waals surface area contributed by atoms with Crippen LogP contribution in [0.25, 0.3) is 44.2 Å². The van der Waals surface area contributed by atoms with Gasteiger partial charge in [-0.1, -0.05) is 49.4 Å². The molecule has 0 aliphatic carbocycles. The van der Waals surface area contributed by atoms with Crippen LogP contribution in [-0.4, -0.2) is 21.1 Å². The third-order valence-electron chi connectivity index (χ3n) is 6.38. The van der Waals surface area contributed by atoms with Crippen LogP contribution in [-0.2, 0) is 10.2 Å². The van der Waals surface area contributed by atoms with Crippen LogP contribution in [0.5, 0.6) is 0 Å². The second-order valence-corrected chi connectivity index (χ2v) is 9.14. The Balaban J connectivity index is 1.58. The first-order valence-electron chi connectivity index (χ1n) is 11.6. The molecule has 0 spiro atoms. The number of carbonyl (C=O) groups excluding carboxylic acids is 1. The van der Waals surface area contributed by atoms with Gasteiger partial charge in [-0.05, 0) is 54.8 Å². The molecule has 6 nitrogen and oxygen atoms in total. The quantitative estimate of drug-likeness (QED) is 0.310. The standard InChI is InChI=1S/C29H25N5O/c1-4-26(35)32-22-12-7-18(8-13-22)20-9-14-24-23(15-20)27-25(16-31-24)33-34-28(27)19-5-10-21(11-6-19)29(2,3)17-30/h5-16H,4H2,1-3H3,(H,32,35)(H,33,34). The lowest BCUT2D eigenvalue weighted by atomic mass is 9.86. The van der Waals surface area contributed by atoms with Crippen LogP contribution in [0, 0.1) is 11.3 Å². The second-order valence-electron chi connectivity index (χ2n) is 9.14. The summed E-state index contributed by atoms with van der Waals surface area (Å²) in [6.07, 6.45) is 2.26. The van der Waals surface area contributed by atoms with E-state index < -0.39 is 5.41 Å². The molecular formula is C29H25N5O. The van der Waals surface area contributed by atoms with Crippen molar-refractivity contribution in [3.05, 3.63) is 78.5 Å². The summed E-state index contributed by atoms with van der Waals surface area (Å²) in [5, 5.41) is 22.1. The molecule has 0 aliphatic rings. The molecule has 0 saturated heterocycles. The van der Waals surface area contributed by atoms with Crippen molar-refractivity contribution in [1.82, 2.24) is 15.2 Å². The molecule has 0 radical (unpaired) electrons. The van der Waals surface area contributed by atoms with Gasteiger partial charge < -0.3 is 5.32 Å². The van der Waals surface area contributed by atoms with Crippen molar-refractivity contribution >= 4 is 33.4 Å². The number of H-pyrrole nitrogens is 1. The number of benzene rings is 3. The van der Waals surface area contributed by atoms with Crippen molar-refractivity contribution < 1.29 is 4.79 Å². The molecule has 0 unspecified atom stereocenters. The van der Waals surface area contributed by atoms with E-state index >= 15 is 0 Å². The van der Waals surface area contributed by atoms with Crippen LogP contribution in [0.4, 0.5) is 5.69 Å². The van der Waals surface area contributed by atoms with Gasteiger partial charge in [-0.3, -0.25) is 14.9 Å². The van der Waals surface area contributed by atoms with E-state index in [1.807, 2.05) is 81.6 Å². The molecule has 0 aliphatic heterocycles. The van der Waals surface area contributed by atoms with E-state index in [1.165, 1.54) is 0 Å². The Labute approximate surface area is 203 Å². The van der Waals surface area contributed by atoms with Crippen molar-refractivity contribution in [3.8, 4) is 28.5 Å². The molecule has 0 fully saturated rings. The topological polar surface area (TPSA) is 94.5 Å². The highest BCUT2D eigenvalue weighted by Gasteiger charge is 2.20. The number of anilines is 1. The number of aromatic amines is 1. The molecule has 5 rings (SSSR count). The smallest absolute Gasteiger partial charge is 0.224 e. The summed E-state index contributed by atoms with van der Waals surface area (Å²) in [6.45, 7) is 5.66. The number of carbonyl (C=O) groups is 1. The molecule has 0 saturated carbocycles. The van der Waals surface area contributed by atoms with E-state index in [0.29, 0.717) is 6.42 Å². The lowest BCUT2D eigenvalue weighted by Crippen LogP contribution is -2.13. The first-order chi connectivity index (χ1) is 16.9. The fourth-order valence-electron chi connectivity index (χ4n) is 4.20. The fourth-order valence-corrected chi connectivity index (χ4v) is 4.20. The van der Waals surface area contributed by atoms with E-state index in [0.717, 1.165) is 55.4 Å². The van der Waals surface area contributed by atoms with Crippen molar-refractivity contribution in [2.75, 3.05) is 5.32 Å². The van der Waals surface area contributed by atoms with E-state index in [-0.39, 0.29) is 5.91 Å². The minimum absolute atomic E-state index is 0.00590. The highest BCUT2D eigenvalue weighted by atomic mass is 16.1. The molecule has 0 atom stereocenters. The van der Waals surface area contributed by atoms with Crippen LogP contribution in [0.2, 0.25) is 0 Å². The summed E-state index contributed by atoms with van der Waals surface area (Å²) in [4.78, 5) is 16.3. The SMILES string of the molecule is CCC(=O)Nc1ccc(-c2ccc3ncc4[nH]nc(-c5ccc(C(C)(C)C#N)cc5)c4c3c2)cc1. The highest BCUT2D eigenvalue weighted by molar-refractivity contribution is 6.11. The van der Waals surface area contributed by atoms with Gasteiger partial charge in [0.1, 0.15) is 5.69 Å². The van der Waals surface area contributed by atoms with Gasteiger partial charge in [-0.15, -0.1) is 0 Å². The lowest BCUT2D eigenvalue weighted by molar-refractivity contribution is -0.115. The number of nitriles is 1. The number of aromatic nitrogens is 3. The third-order valence-corrected chi connectivity index (χ3v) is 6.38. The van der Waals surface area contributed by atoms with Gasteiger partial charge in [-0.25, -0.2) is 0 Å². The largest absolute Gasteiger partial charge is 0.326 e. The summed E-state index contributed by atoms with van der Waals surface area (Å²) in [7, 11) is 0. The summed E-state index contributed by atoms with van der Waals surface area (Å²) in [6, 6.07) is 24.4. The van der Waals surface area contributed by atoms with Gasteiger partial charge in [0.25, 0.3) is 0 Å². The van der Waals surface area contributed by atoms with Crippen LogP contribution >= 0.6 is 0 Å². The molecule has 172 valence electrons. The average Bonchev–Trinajstić information content (AvgIpc) is 3.33. The van der Waals surface area contributed by atoms with Gasteiger partial charge in [0.2, 0.25) is 5.91 Å². The maximum absolute atomic E-state index is 11.7. The van der Waals surface area contributed by atoms with Gasteiger partial charge in [0.15, 0.2) is 0 Å². The first kappa shape index (κ1) is 22.3. The van der Waals surface area contributed by atoms with E-state index in [9.17, 15) is 10.1 Å². The summed E-state index contributed by atoms with van der Waals surface area (Å²) in [5.74, 6) is -0.00590. The first-order valence-corrected chi connectivity index (χ1v) is 11.6. The Morgan fingerprint density at radius 2 is 1.69 bits per heavy atom. The van der Waals surface area contributed by atoms with Gasteiger partial charge >= 0.3 is 0 Å². The summed E-state index contributed by atoms with van der Waals surface area (Å²) >= 11 is 0. The number of hydrogen-bond acceptors (Lipinski definition) is 4. The maximum Gasteiger partial charge on any atom is 0.224 e. The molecule has 0 bridgehead atoms. The maximum atomic E-state index is 11.7. The monoisotopic (exact) mass is 459 g/mol. The molecule has 2 heterocycles. The third kappa shape index (κ3) is 4.13. The van der Waals surface area contributed by atoms with Crippen molar-refractivity contribution in [2.24, 2.45) is 0 Å². The predicted octanol–water partition coefficient (Wildman–Crippen LogP) is 6.59. The Morgan fingerprint density at radius 1 is 1.00 bits per heavy atom. The molecule has 3 aromatic carbocycles. The number of hydrogen-bond donors (Lipinski definition) is 2. The number of fused-ring (bicyclic) bond motifs is 3. The summed E-state index contributed by atoms with van der Waals surface area (Å²) in [5.41, 5.74) is 6.88. The van der Waals surface area contributed by atoms with Crippen molar-refractivity contribution in [2.45, 2.75) is 32.6 Å². The average molecular weight is 460 g/mol. The van der Waals surface area contributed by atoms with Gasteiger partial charge in [-0.2, -0.15) is 10.4 Å². The number of pyridine rings is 1. The second kappa shape index (κ2) is 8.69. The zero-order chi connectivity index (χ0) is 24.6. The zero-order valence-electron chi connectivity index (χ0n) is 19.9. The molecular weight excluding hydrogens is 434 g/mol. The van der Waals surface area contributed by atoms with Gasteiger partial charge in [0, 0.05) is 28.4 Å². The zero-order valence-corrected chi connectivity index (χ0v) is 19.9. The molecule has 6 heteroatoms. The van der Waals surface area contributed by atoms with E-state index in [4.69, 9.17) is 0 Å². The molecule has 2 aromatic heterocycles. The van der Waals surface area contributed by atoms with Crippen molar-refractivity contribution in [3.63, 3.8) is 0 Å².